The summed E-state index contributed by atoms with van der Waals surface area (Å²) in [6, 6.07) is 7.85. The second-order valence-electron chi connectivity index (χ2n) is 3.71. The first kappa shape index (κ1) is 9.63. The number of imidazole rings is 1. The van der Waals surface area contributed by atoms with Gasteiger partial charge in [-0.15, -0.1) is 0 Å². The molecule has 0 amide bonds. The Bertz CT molecular complexity index is 672. The smallest absolute Gasteiger partial charge is 0.145 e. The Morgan fingerprint density at radius 1 is 1.31 bits per heavy atom. The van der Waals surface area contributed by atoms with Crippen LogP contribution in [0.5, 0.6) is 0 Å². The summed E-state index contributed by atoms with van der Waals surface area (Å²) in [7, 11) is 0. The molecule has 0 aliphatic rings. The molecular formula is C12H10ClN3. The topological polar surface area (TPSA) is 43.3 Å². The maximum atomic E-state index is 6.00. The lowest BCUT2D eigenvalue weighted by Crippen LogP contribution is -1.95. The third-order valence-corrected chi connectivity index (χ3v) is 2.90. The Balaban J connectivity index is 2.46. The number of aromatic nitrogens is 2. The molecule has 1 aromatic carbocycles. The van der Waals surface area contributed by atoms with Gasteiger partial charge >= 0.3 is 0 Å². The Hall–Kier alpha value is -1.58. The van der Waals surface area contributed by atoms with Gasteiger partial charge in [-0.25, -0.2) is 4.98 Å². The van der Waals surface area contributed by atoms with Crippen molar-refractivity contribution in [1.82, 2.24) is 9.38 Å². The number of halogens is 1. The molecule has 0 fully saturated rings. The molecule has 4 heteroatoms. The summed E-state index contributed by atoms with van der Waals surface area (Å²) in [5, 5.41) is 2.90. The van der Waals surface area contributed by atoms with Crippen molar-refractivity contribution in [2.45, 2.75) is 6.54 Å². The molecule has 0 bridgehead atoms. The minimum absolute atomic E-state index is 0.448. The van der Waals surface area contributed by atoms with Gasteiger partial charge in [0.05, 0.1) is 5.69 Å². The molecule has 0 aliphatic heterocycles. The lowest BCUT2D eigenvalue weighted by Gasteiger charge is -2.00. The Morgan fingerprint density at radius 3 is 3.00 bits per heavy atom. The molecule has 16 heavy (non-hydrogen) atoms. The highest BCUT2D eigenvalue weighted by molar-refractivity contribution is 6.31. The van der Waals surface area contributed by atoms with Crippen LogP contribution in [0.4, 0.5) is 0 Å². The molecule has 0 radical (unpaired) electrons. The van der Waals surface area contributed by atoms with Crippen LogP contribution in [0, 0.1) is 0 Å². The molecule has 3 nitrogen and oxygen atoms in total. The summed E-state index contributed by atoms with van der Waals surface area (Å²) in [4.78, 5) is 4.48. The van der Waals surface area contributed by atoms with E-state index in [1.807, 2.05) is 41.1 Å². The lowest BCUT2D eigenvalue weighted by molar-refractivity contribution is 1.02. The molecule has 2 N–H and O–H groups in total. The first-order valence-electron chi connectivity index (χ1n) is 5.04. The minimum atomic E-state index is 0.448. The zero-order chi connectivity index (χ0) is 11.1. The zero-order valence-electron chi connectivity index (χ0n) is 8.52. The largest absolute Gasteiger partial charge is 0.325 e. The summed E-state index contributed by atoms with van der Waals surface area (Å²) < 4.78 is 1.97. The number of nitrogens with zero attached hydrogens (tertiary/aromatic N) is 2. The van der Waals surface area contributed by atoms with Gasteiger partial charge in [-0.2, -0.15) is 0 Å². The molecule has 2 heterocycles. The van der Waals surface area contributed by atoms with Gasteiger partial charge in [-0.3, -0.25) is 0 Å². The molecule has 2 aromatic heterocycles. The quantitative estimate of drug-likeness (QED) is 0.700. The molecule has 0 saturated carbocycles. The highest BCUT2D eigenvalue weighted by Crippen LogP contribution is 2.23. The van der Waals surface area contributed by atoms with E-state index in [0.717, 1.165) is 27.1 Å². The van der Waals surface area contributed by atoms with E-state index in [9.17, 15) is 0 Å². The Morgan fingerprint density at radius 2 is 2.19 bits per heavy atom. The normalized spacial score (nSPS) is 11.4. The van der Waals surface area contributed by atoms with E-state index in [0.29, 0.717) is 6.54 Å². The number of hydrogen-bond acceptors (Lipinski definition) is 2. The van der Waals surface area contributed by atoms with E-state index in [-0.39, 0.29) is 0 Å². The summed E-state index contributed by atoms with van der Waals surface area (Å²) in [6.45, 7) is 0.448. The molecule has 0 aliphatic carbocycles. The van der Waals surface area contributed by atoms with Crippen LogP contribution >= 0.6 is 11.6 Å². The van der Waals surface area contributed by atoms with Crippen molar-refractivity contribution in [3.05, 3.63) is 47.4 Å². The van der Waals surface area contributed by atoms with Gasteiger partial charge in [0.25, 0.3) is 0 Å². The third-order valence-electron chi connectivity index (χ3n) is 2.66. The van der Waals surface area contributed by atoms with Crippen molar-refractivity contribution in [1.29, 1.82) is 0 Å². The first-order valence-corrected chi connectivity index (χ1v) is 5.41. The molecule has 3 rings (SSSR count). The summed E-state index contributed by atoms with van der Waals surface area (Å²) in [5.41, 5.74) is 7.37. The van der Waals surface area contributed by atoms with Crippen molar-refractivity contribution >= 4 is 28.0 Å². The number of hydrogen-bond donors (Lipinski definition) is 1. The van der Waals surface area contributed by atoms with Gasteiger partial charge in [0.15, 0.2) is 0 Å². The van der Waals surface area contributed by atoms with Crippen LogP contribution in [0.3, 0.4) is 0 Å². The molecule has 3 aromatic rings. The first-order chi connectivity index (χ1) is 7.78. The van der Waals surface area contributed by atoms with E-state index in [2.05, 4.69) is 4.98 Å². The number of nitrogens with two attached hydrogens (primary N) is 1. The van der Waals surface area contributed by atoms with Crippen LogP contribution in [-0.2, 0) is 6.54 Å². The summed E-state index contributed by atoms with van der Waals surface area (Å²) in [6.07, 6.45) is 3.92. The van der Waals surface area contributed by atoms with Crippen LogP contribution in [0.25, 0.3) is 16.4 Å². The average Bonchev–Trinajstić information content (AvgIpc) is 2.72. The van der Waals surface area contributed by atoms with Crippen LogP contribution in [-0.4, -0.2) is 9.38 Å². The number of pyridine rings is 1. The van der Waals surface area contributed by atoms with E-state index < -0.39 is 0 Å². The third kappa shape index (κ3) is 1.37. The van der Waals surface area contributed by atoms with Gasteiger partial charge in [0, 0.05) is 29.3 Å². The second-order valence-corrected chi connectivity index (χ2v) is 4.15. The number of fused-ring (bicyclic) bond motifs is 3. The maximum absolute atomic E-state index is 6.00. The van der Waals surface area contributed by atoms with Crippen LogP contribution in [0.1, 0.15) is 5.69 Å². The summed E-state index contributed by atoms with van der Waals surface area (Å²) >= 11 is 6.00. The molecule has 0 spiro atoms. The predicted molar refractivity (Wildman–Crippen MR) is 65.6 cm³/mol. The lowest BCUT2D eigenvalue weighted by atomic mass is 10.2. The van der Waals surface area contributed by atoms with Crippen molar-refractivity contribution < 1.29 is 0 Å². The van der Waals surface area contributed by atoms with Gasteiger partial charge in [0.1, 0.15) is 5.65 Å². The van der Waals surface area contributed by atoms with E-state index in [1.54, 1.807) is 0 Å². The highest BCUT2D eigenvalue weighted by atomic mass is 35.5. The van der Waals surface area contributed by atoms with Gasteiger partial charge in [-0.1, -0.05) is 17.7 Å². The van der Waals surface area contributed by atoms with Crippen LogP contribution in [0.2, 0.25) is 5.02 Å². The molecule has 0 saturated heterocycles. The SMILES string of the molecule is NCc1cn2ccc3ccc(Cl)cc3c2n1. The summed E-state index contributed by atoms with van der Waals surface area (Å²) in [5.74, 6) is 0. The highest BCUT2D eigenvalue weighted by Gasteiger charge is 2.05. The van der Waals surface area contributed by atoms with Crippen LogP contribution in [0.15, 0.2) is 36.7 Å². The standard InChI is InChI=1S/C12H10ClN3/c13-9-2-1-8-3-4-16-7-10(6-14)15-12(16)11(8)5-9/h1-5,7H,6,14H2. The minimum Gasteiger partial charge on any atom is -0.325 e. The van der Waals surface area contributed by atoms with E-state index in [1.165, 1.54) is 0 Å². The average molecular weight is 232 g/mol. The van der Waals surface area contributed by atoms with Crippen molar-refractivity contribution in [3.8, 4) is 0 Å². The van der Waals surface area contributed by atoms with E-state index >= 15 is 0 Å². The molecule has 0 unspecified atom stereocenters. The maximum Gasteiger partial charge on any atom is 0.145 e. The van der Waals surface area contributed by atoms with Gasteiger partial charge < -0.3 is 10.1 Å². The molecule has 0 atom stereocenters. The van der Waals surface area contributed by atoms with Gasteiger partial charge in [-0.05, 0) is 23.6 Å². The van der Waals surface area contributed by atoms with Gasteiger partial charge in [0.2, 0.25) is 0 Å². The van der Waals surface area contributed by atoms with E-state index in [4.69, 9.17) is 17.3 Å². The predicted octanol–water partition coefficient (Wildman–Crippen LogP) is 2.60. The Labute approximate surface area is 97.5 Å². The van der Waals surface area contributed by atoms with Crippen molar-refractivity contribution in [2.75, 3.05) is 0 Å². The monoisotopic (exact) mass is 231 g/mol. The fourth-order valence-electron chi connectivity index (χ4n) is 1.88. The molecule has 80 valence electrons. The fourth-order valence-corrected chi connectivity index (χ4v) is 2.06. The van der Waals surface area contributed by atoms with Crippen LogP contribution < -0.4 is 5.73 Å². The fraction of sp³-hybridized carbons (Fsp3) is 0.0833. The van der Waals surface area contributed by atoms with Crippen molar-refractivity contribution in [3.63, 3.8) is 0 Å². The van der Waals surface area contributed by atoms with Crippen molar-refractivity contribution in [2.24, 2.45) is 5.73 Å². The second kappa shape index (κ2) is 3.47. The zero-order valence-corrected chi connectivity index (χ0v) is 9.28. The molecular weight excluding hydrogens is 222 g/mol. The number of benzene rings is 1. The Kier molecular flexibility index (Phi) is 2.09. The number of rotatable bonds is 1.